The molecule has 0 unspecified atom stereocenters. The fourth-order valence-electron chi connectivity index (χ4n) is 3.27. The van der Waals surface area contributed by atoms with Crippen LogP contribution in [-0.4, -0.2) is 26.3 Å². The quantitative estimate of drug-likeness (QED) is 0.378. The third-order valence-corrected chi connectivity index (χ3v) is 4.87. The van der Waals surface area contributed by atoms with Crippen LogP contribution in [0.5, 0.6) is 17.2 Å². The highest BCUT2D eigenvalue weighted by Crippen LogP contribution is 2.41. The van der Waals surface area contributed by atoms with Gasteiger partial charge in [-0.1, -0.05) is 18.2 Å². The molecule has 1 heterocycles. The second-order valence-corrected chi connectivity index (χ2v) is 6.68. The van der Waals surface area contributed by atoms with E-state index in [1.165, 1.54) is 33.5 Å². The van der Waals surface area contributed by atoms with Crippen LogP contribution in [0.15, 0.2) is 59.0 Å². The highest BCUT2D eigenvalue weighted by Gasteiger charge is 2.30. The average Bonchev–Trinajstić information content (AvgIpc) is 3.20. The topological polar surface area (TPSA) is 53.7 Å². The Labute approximate surface area is 176 Å². The number of nitrogens with zero attached hydrogens (tertiary/aromatic N) is 1. The van der Waals surface area contributed by atoms with Gasteiger partial charge in [-0.3, -0.25) is 0 Å². The van der Waals surface area contributed by atoms with Crippen molar-refractivity contribution in [1.82, 2.24) is 4.98 Å². The van der Waals surface area contributed by atoms with Gasteiger partial charge in [0.05, 0.1) is 32.5 Å². The number of fused-ring (bicyclic) bond motifs is 1. The van der Waals surface area contributed by atoms with Crippen molar-refractivity contribution in [2.45, 2.75) is 6.18 Å². The minimum atomic E-state index is -4.37. The summed E-state index contributed by atoms with van der Waals surface area (Å²) in [6.07, 6.45) is -4.37. The molecule has 0 fully saturated rings. The van der Waals surface area contributed by atoms with Crippen LogP contribution in [0.4, 0.5) is 13.2 Å². The van der Waals surface area contributed by atoms with Crippen LogP contribution in [0.3, 0.4) is 0 Å². The molecule has 31 heavy (non-hydrogen) atoms. The van der Waals surface area contributed by atoms with Gasteiger partial charge >= 0.3 is 6.18 Å². The Bertz CT molecular complexity index is 1230. The van der Waals surface area contributed by atoms with Crippen molar-refractivity contribution in [3.05, 3.63) is 60.2 Å². The van der Waals surface area contributed by atoms with Crippen molar-refractivity contribution in [2.24, 2.45) is 0 Å². The molecule has 0 saturated carbocycles. The molecule has 0 N–H and O–H groups in total. The Morgan fingerprint density at radius 3 is 1.97 bits per heavy atom. The number of oxazole rings is 1. The summed E-state index contributed by atoms with van der Waals surface area (Å²) in [6.45, 7) is 0. The molecule has 0 aliphatic carbocycles. The molecule has 0 radical (unpaired) electrons. The van der Waals surface area contributed by atoms with Crippen LogP contribution in [0.25, 0.3) is 33.7 Å². The number of alkyl halides is 3. The first-order valence-electron chi connectivity index (χ1n) is 9.22. The summed E-state index contributed by atoms with van der Waals surface area (Å²) in [6, 6.07) is 13.6. The normalized spacial score (nSPS) is 11.5. The molecule has 0 aliphatic rings. The third-order valence-electron chi connectivity index (χ3n) is 4.87. The molecule has 4 rings (SSSR count). The van der Waals surface area contributed by atoms with Crippen LogP contribution in [0, 0.1) is 0 Å². The predicted octanol–water partition coefficient (Wildman–Crippen LogP) is 6.21. The zero-order valence-corrected chi connectivity index (χ0v) is 16.9. The van der Waals surface area contributed by atoms with E-state index < -0.39 is 11.7 Å². The van der Waals surface area contributed by atoms with E-state index in [0.717, 1.165) is 12.1 Å². The van der Waals surface area contributed by atoms with E-state index in [-0.39, 0.29) is 0 Å². The van der Waals surface area contributed by atoms with Gasteiger partial charge in [-0.25, -0.2) is 4.98 Å². The van der Waals surface area contributed by atoms with Crippen LogP contribution in [0.1, 0.15) is 5.56 Å². The lowest BCUT2D eigenvalue weighted by Gasteiger charge is -2.12. The van der Waals surface area contributed by atoms with Crippen molar-refractivity contribution in [1.29, 1.82) is 0 Å². The molecule has 5 nitrogen and oxygen atoms in total. The first kappa shape index (κ1) is 20.6. The SMILES string of the molecule is COc1cc(OC)c(-c2nc3ccc(-c4ccc(C(F)(F)F)cc4)cc3o2)cc1OC. The fraction of sp³-hybridized carbons (Fsp3) is 0.174. The fourth-order valence-corrected chi connectivity index (χ4v) is 3.27. The molecule has 0 aliphatic heterocycles. The lowest BCUT2D eigenvalue weighted by molar-refractivity contribution is -0.137. The minimum Gasteiger partial charge on any atom is -0.496 e. The number of hydrogen-bond acceptors (Lipinski definition) is 5. The Hall–Kier alpha value is -3.68. The molecule has 8 heteroatoms. The Balaban J connectivity index is 1.75. The van der Waals surface area contributed by atoms with E-state index in [0.29, 0.717) is 50.9 Å². The highest BCUT2D eigenvalue weighted by molar-refractivity contribution is 5.83. The number of ether oxygens (including phenoxy) is 3. The molecule has 0 saturated heterocycles. The summed E-state index contributed by atoms with van der Waals surface area (Å²) in [4.78, 5) is 4.51. The van der Waals surface area contributed by atoms with Gasteiger partial charge in [0.2, 0.25) is 5.89 Å². The van der Waals surface area contributed by atoms with Crippen molar-refractivity contribution < 1.29 is 31.8 Å². The highest BCUT2D eigenvalue weighted by atomic mass is 19.4. The molecular formula is C23H18F3NO4. The molecule has 1 aromatic heterocycles. The standard InChI is InChI=1S/C23H18F3NO4/c1-28-18-12-21(30-3)20(29-2)11-16(18)22-27-17-9-6-14(10-19(17)31-22)13-4-7-15(8-5-13)23(24,25)26/h4-12H,1-3H3. The van der Waals surface area contributed by atoms with E-state index in [1.807, 2.05) is 0 Å². The van der Waals surface area contributed by atoms with Gasteiger partial charge in [0, 0.05) is 12.1 Å². The molecular weight excluding hydrogens is 411 g/mol. The number of hydrogen-bond donors (Lipinski definition) is 0. The van der Waals surface area contributed by atoms with Gasteiger partial charge in [0.25, 0.3) is 0 Å². The van der Waals surface area contributed by atoms with Crippen molar-refractivity contribution in [3.63, 3.8) is 0 Å². The largest absolute Gasteiger partial charge is 0.496 e. The predicted molar refractivity (Wildman–Crippen MR) is 110 cm³/mol. The molecule has 4 aromatic rings. The molecule has 3 aromatic carbocycles. The maximum atomic E-state index is 12.8. The molecule has 0 spiro atoms. The van der Waals surface area contributed by atoms with Gasteiger partial charge in [-0.2, -0.15) is 13.2 Å². The zero-order chi connectivity index (χ0) is 22.2. The molecule has 160 valence electrons. The van der Waals surface area contributed by atoms with Crippen molar-refractivity contribution in [3.8, 4) is 39.8 Å². The van der Waals surface area contributed by atoms with Gasteiger partial charge in [0.1, 0.15) is 11.3 Å². The second-order valence-electron chi connectivity index (χ2n) is 6.68. The monoisotopic (exact) mass is 429 g/mol. The smallest absolute Gasteiger partial charge is 0.416 e. The maximum Gasteiger partial charge on any atom is 0.416 e. The minimum absolute atomic E-state index is 0.317. The van der Waals surface area contributed by atoms with Crippen LogP contribution in [-0.2, 0) is 6.18 Å². The first-order chi connectivity index (χ1) is 14.8. The second kappa shape index (κ2) is 7.86. The first-order valence-corrected chi connectivity index (χ1v) is 9.22. The summed E-state index contributed by atoms with van der Waals surface area (Å²) in [5.74, 6) is 1.80. The van der Waals surface area contributed by atoms with E-state index in [4.69, 9.17) is 18.6 Å². The van der Waals surface area contributed by atoms with Gasteiger partial charge in [0.15, 0.2) is 17.1 Å². The van der Waals surface area contributed by atoms with E-state index in [1.54, 1.807) is 30.3 Å². The Morgan fingerprint density at radius 2 is 1.35 bits per heavy atom. The Kier molecular flexibility index (Phi) is 5.22. The van der Waals surface area contributed by atoms with E-state index >= 15 is 0 Å². The average molecular weight is 429 g/mol. The Morgan fingerprint density at radius 1 is 0.742 bits per heavy atom. The van der Waals surface area contributed by atoms with Crippen LogP contribution >= 0.6 is 0 Å². The van der Waals surface area contributed by atoms with E-state index in [9.17, 15) is 13.2 Å². The van der Waals surface area contributed by atoms with Crippen molar-refractivity contribution in [2.75, 3.05) is 21.3 Å². The van der Waals surface area contributed by atoms with E-state index in [2.05, 4.69) is 4.98 Å². The van der Waals surface area contributed by atoms with Gasteiger partial charge < -0.3 is 18.6 Å². The summed E-state index contributed by atoms with van der Waals surface area (Å²) in [5, 5.41) is 0. The van der Waals surface area contributed by atoms with Crippen LogP contribution in [0.2, 0.25) is 0 Å². The van der Waals surface area contributed by atoms with Crippen LogP contribution < -0.4 is 14.2 Å². The molecule has 0 atom stereocenters. The number of rotatable bonds is 5. The van der Waals surface area contributed by atoms with Crippen molar-refractivity contribution >= 4 is 11.1 Å². The molecule has 0 bridgehead atoms. The lowest BCUT2D eigenvalue weighted by atomic mass is 10.0. The summed E-state index contributed by atoms with van der Waals surface area (Å²) in [5.41, 5.74) is 2.32. The summed E-state index contributed by atoms with van der Waals surface area (Å²) >= 11 is 0. The van der Waals surface area contributed by atoms with Gasteiger partial charge in [-0.15, -0.1) is 0 Å². The lowest BCUT2D eigenvalue weighted by Crippen LogP contribution is -2.03. The zero-order valence-electron chi connectivity index (χ0n) is 16.9. The number of aromatic nitrogens is 1. The number of halogens is 3. The summed E-state index contributed by atoms with van der Waals surface area (Å²) in [7, 11) is 4.58. The number of methoxy groups -OCH3 is 3. The maximum absolute atomic E-state index is 12.8. The summed E-state index contributed by atoms with van der Waals surface area (Å²) < 4.78 is 60.5. The number of benzene rings is 3. The third kappa shape index (κ3) is 3.88. The van der Waals surface area contributed by atoms with Gasteiger partial charge in [-0.05, 0) is 35.4 Å². The molecule has 0 amide bonds.